The number of halogens is 4. The lowest BCUT2D eigenvalue weighted by Crippen LogP contribution is -2.03. The summed E-state index contributed by atoms with van der Waals surface area (Å²) in [5, 5.41) is 0. The topological polar surface area (TPSA) is 22.1 Å². The molecule has 0 aliphatic carbocycles. The molecular formula is C14H11F4NO. The van der Waals surface area contributed by atoms with Gasteiger partial charge in [-0.15, -0.1) is 0 Å². The normalized spacial score (nSPS) is 10.9. The van der Waals surface area contributed by atoms with Gasteiger partial charge < -0.3 is 4.74 Å². The third-order valence-electron chi connectivity index (χ3n) is 2.72. The smallest absolute Gasteiger partial charge is 0.255 e. The van der Waals surface area contributed by atoms with Crippen molar-refractivity contribution in [3.63, 3.8) is 0 Å². The fourth-order valence-corrected chi connectivity index (χ4v) is 1.60. The van der Waals surface area contributed by atoms with Gasteiger partial charge in [0, 0.05) is 0 Å². The molecule has 0 saturated heterocycles. The zero-order chi connectivity index (χ0) is 14.9. The molecule has 0 amide bonds. The molecule has 6 heteroatoms. The Labute approximate surface area is 113 Å². The fourth-order valence-electron chi connectivity index (χ4n) is 1.60. The molecule has 2 nitrogen and oxygen atoms in total. The Kier molecular flexibility index (Phi) is 3.92. The van der Waals surface area contributed by atoms with Crippen molar-refractivity contribution in [1.82, 2.24) is 4.98 Å². The number of aromatic nitrogens is 1. The van der Waals surface area contributed by atoms with Crippen LogP contribution in [0.3, 0.4) is 0 Å². The van der Waals surface area contributed by atoms with Gasteiger partial charge in [0.25, 0.3) is 11.9 Å². The number of pyridine rings is 1. The van der Waals surface area contributed by atoms with Crippen LogP contribution in [-0.4, -0.2) is 4.98 Å². The van der Waals surface area contributed by atoms with E-state index < -0.39 is 29.3 Å². The fraction of sp³-hybridized carbons (Fsp3) is 0.214. The zero-order valence-corrected chi connectivity index (χ0v) is 10.8. The van der Waals surface area contributed by atoms with E-state index in [1.165, 1.54) is 12.1 Å². The molecule has 0 unspecified atom stereocenters. The van der Waals surface area contributed by atoms with E-state index in [-0.39, 0.29) is 11.7 Å². The molecule has 1 aromatic carbocycles. The number of ether oxygens (including phenoxy) is 1. The molecule has 1 heterocycles. The van der Waals surface area contributed by atoms with E-state index in [0.29, 0.717) is 0 Å². The van der Waals surface area contributed by atoms with E-state index in [1.807, 2.05) is 13.8 Å². The van der Waals surface area contributed by atoms with E-state index in [0.717, 1.165) is 5.56 Å². The predicted octanol–water partition coefficient (Wildman–Crippen LogP) is 4.55. The second kappa shape index (κ2) is 5.48. The molecule has 0 bridgehead atoms. The van der Waals surface area contributed by atoms with Gasteiger partial charge in [-0.1, -0.05) is 26.0 Å². The van der Waals surface area contributed by atoms with Crippen molar-refractivity contribution < 1.29 is 22.3 Å². The molecule has 2 rings (SSSR count). The molecule has 0 radical (unpaired) electrons. The molecule has 0 fully saturated rings. The van der Waals surface area contributed by atoms with E-state index in [9.17, 15) is 17.6 Å². The molecular weight excluding hydrogens is 274 g/mol. The highest BCUT2D eigenvalue weighted by Crippen LogP contribution is 2.30. The van der Waals surface area contributed by atoms with Crippen LogP contribution in [0, 0.1) is 23.5 Å². The van der Waals surface area contributed by atoms with Gasteiger partial charge in [-0.2, -0.15) is 22.5 Å². The first-order valence-corrected chi connectivity index (χ1v) is 5.88. The van der Waals surface area contributed by atoms with Gasteiger partial charge in [-0.3, -0.25) is 0 Å². The Hall–Kier alpha value is -2.11. The van der Waals surface area contributed by atoms with Crippen molar-refractivity contribution in [2.24, 2.45) is 0 Å². The lowest BCUT2D eigenvalue weighted by molar-refractivity contribution is 0.343. The Bertz CT molecular complexity index is 600. The highest BCUT2D eigenvalue weighted by atomic mass is 19.2. The van der Waals surface area contributed by atoms with Crippen molar-refractivity contribution in [2.75, 3.05) is 0 Å². The van der Waals surface area contributed by atoms with Crippen molar-refractivity contribution in [3.8, 4) is 11.5 Å². The van der Waals surface area contributed by atoms with Crippen LogP contribution in [0.15, 0.2) is 24.3 Å². The first kappa shape index (κ1) is 14.3. The molecule has 20 heavy (non-hydrogen) atoms. The molecule has 0 spiro atoms. The largest absolute Gasteiger partial charge is 0.451 e. The minimum Gasteiger partial charge on any atom is -0.451 e. The van der Waals surface area contributed by atoms with Crippen LogP contribution in [0.25, 0.3) is 0 Å². The molecule has 0 aliphatic heterocycles. The second-order valence-corrected chi connectivity index (χ2v) is 4.48. The number of benzene rings is 1. The molecule has 0 atom stereocenters. The Morgan fingerprint density at radius 2 is 1.40 bits per heavy atom. The van der Waals surface area contributed by atoms with E-state index in [1.54, 1.807) is 12.1 Å². The summed E-state index contributed by atoms with van der Waals surface area (Å²) in [5.74, 6) is -7.65. The Morgan fingerprint density at radius 3 is 1.85 bits per heavy atom. The summed E-state index contributed by atoms with van der Waals surface area (Å²) in [5.41, 5.74) is 0.991. The van der Waals surface area contributed by atoms with Gasteiger partial charge in [0.2, 0.25) is 17.4 Å². The van der Waals surface area contributed by atoms with Crippen LogP contribution in [0.1, 0.15) is 25.3 Å². The van der Waals surface area contributed by atoms with Gasteiger partial charge in [-0.25, -0.2) is 0 Å². The van der Waals surface area contributed by atoms with Gasteiger partial charge in [0.1, 0.15) is 5.75 Å². The van der Waals surface area contributed by atoms with Gasteiger partial charge in [0.15, 0.2) is 0 Å². The predicted molar refractivity (Wildman–Crippen MR) is 64.7 cm³/mol. The van der Waals surface area contributed by atoms with E-state index >= 15 is 0 Å². The first-order chi connectivity index (χ1) is 9.40. The van der Waals surface area contributed by atoms with E-state index in [4.69, 9.17) is 4.74 Å². The number of nitrogens with zero attached hydrogens (tertiary/aromatic N) is 1. The van der Waals surface area contributed by atoms with Crippen LogP contribution < -0.4 is 4.74 Å². The highest BCUT2D eigenvalue weighted by Gasteiger charge is 2.22. The van der Waals surface area contributed by atoms with Crippen molar-refractivity contribution in [3.05, 3.63) is 53.4 Å². The van der Waals surface area contributed by atoms with Gasteiger partial charge in [-0.05, 0) is 23.6 Å². The average Bonchev–Trinajstić information content (AvgIpc) is 2.42. The van der Waals surface area contributed by atoms with Gasteiger partial charge >= 0.3 is 0 Å². The maximum absolute atomic E-state index is 13.4. The summed E-state index contributed by atoms with van der Waals surface area (Å²) < 4.78 is 57.4. The van der Waals surface area contributed by atoms with Crippen molar-refractivity contribution >= 4 is 0 Å². The van der Waals surface area contributed by atoms with Crippen LogP contribution in [0.5, 0.6) is 11.5 Å². The summed E-state index contributed by atoms with van der Waals surface area (Å²) in [6, 6.07) is 6.32. The zero-order valence-electron chi connectivity index (χ0n) is 10.8. The number of hydrogen-bond donors (Lipinski definition) is 0. The summed E-state index contributed by atoms with van der Waals surface area (Å²) in [7, 11) is 0. The van der Waals surface area contributed by atoms with E-state index in [2.05, 4.69) is 4.98 Å². The van der Waals surface area contributed by atoms with Gasteiger partial charge in [0.05, 0.1) is 0 Å². The monoisotopic (exact) mass is 285 g/mol. The molecule has 0 N–H and O–H groups in total. The third kappa shape index (κ3) is 2.74. The third-order valence-corrected chi connectivity index (χ3v) is 2.72. The SMILES string of the molecule is CC(C)c1ccc(Oc2c(F)c(F)nc(F)c2F)cc1. The maximum Gasteiger partial charge on any atom is 0.255 e. The molecule has 1 aromatic heterocycles. The standard InChI is InChI=1S/C14H11F4NO/c1-7(2)8-3-5-9(6-4-8)20-12-10(15)13(17)19-14(18)11(12)16/h3-7H,1-2H3. The lowest BCUT2D eigenvalue weighted by Gasteiger charge is -2.10. The minimum atomic E-state index is -1.75. The lowest BCUT2D eigenvalue weighted by atomic mass is 10.0. The van der Waals surface area contributed by atoms with Crippen LogP contribution >= 0.6 is 0 Å². The molecule has 106 valence electrons. The second-order valence-electron chi connectivity index (χ2n) is 4.48. The average molecular weight is 285 g/mol. The Balaban J connectivity index is 2.35. The first-order valence-electron chi connectivity index (χ1n) is 5.88. The minimum absolute atomic E-state index is 0.0669. The Morgan fingerprint density at radius 1 is 0.900 bits per heavy atom. The summed E-state index contributed by atoms with van der Waals surface area (Å²) in [4.78, 5) is 2.45. The van der Waals surface area contributed by atoms with Crippen LogP contribution in [0.4, 0.5) is 17.6 Å². The number of hydrogen-bond acceptors (Lipinski definition) is 2. The molecule has 2 aromatic rings. The summed E-state index contributed by atoms with van der Waals surface area (Å²) >= 11 is 0. The van der Waals surface area contributed by atoms with Crippen molar-refractivity contribution in [1.29, 1.82) is 0 Å². The van der Waals surface area contributed by atoms with Crippen LogP contribution in [-0.2, 0) is 0 Å². The maximum atomic E-state index is 13.4. The quantitative estimate of drug-likeness (QED) is 0.609. The summed E-state index contributed by atoms with van der Waals surface area (Å²) in [6.45, 7) is 3.95. The van der Waals surface area contributed by atoms with Crippen molar-refractivity contribution in [2.45, 2.75) is 19.8 Å². The highest BCUT2D eigenvalue weighted by molar-refractivity contribution is 5.34. The number of rotatable bonds is 3. The molecule has 0 aliphatic rings. The summed E-state index contributed by atoms with van der Waals surface area (Å²) in [6.07, 6.45) is 0. The molecule has 0 saturated carbocycles. The van der Waals surface area contributed by atoms with Crippen LogP contribution in [0.2, 0.25) is 0 Å².